The first-order valence-electron chi connectivity index (χ1n) is 5.88. The zero-order valence-electron chi connectivity index (χ0n) is 11.1. The van der Waals surface area contributed by atoms with Gasteiger partial charge >= 0.3 is 0 Å². The first kappa shape index (κ1) is 13.6. The van der Waals surface area contributed by atoms with E-state index < -0.39 is 0 Å². The van der Waals surface area contributed by atoms with Gasteiger partial charge < -0.3 is 4.74 Å². The first-order chi connectivity index (χ1) is 9.04. The van der Waals surface area contributed by atoms with E-state index in [0.717, 1.165) is 11.3 Å². The molecule has 2 rings (SSSR count). The maximum absolute atomic E-state index is 12.1. The van der Waals surface area contributed by atoms with Crippen LogP contribution < -0.4 is 10.3 Å². The summed E-state index contributed by atoms with van der Waals surface area (Å²) in [5, 5.41) is 0.523. The summed E-state index contributed by atoms with van der Waals surface area (Å²) in [6.07, 6.45) is 1.54. The minimum Gasteiger partial charge on any atom is -0.495 e. The zero-order chi connectivity index (χ0) is 14.0. The number of ether oxygens (including phenoxy) is 1. The second-order valence-corrected chi connectivity index (χ2v) is 4.70. The van der Waals surface area contributed by atoms with Crippen molar-refractivity contribution in [2.24, 2.45) is 0 Å². The fourth-order valence-corrected chi connectivity index (χ4v) is 2.07. The Morgan fingerprint density at radius 2 is 2.11 bits per heavy atom. The molecule has 0 amide bonds. The predicted octanol–water partition coefficient (Wildman–Crippen LogP) is 2.57. The van der Waals surface area contributed by atoms with Gasteiger partial charge in [-0.3, -0.25) is 9.36 Å². The van der Waals surface area contributed by atoms with Gasteiger partial charge in [0.25, 0.3) is 5.56 Å². The Morgan fingerprint density at radius 1 is 1.37 bits per heavy atom. The summed E-state index contributed by atoms with van der Waals surface area (Å²) in [6.45, 7) is 3.97. The summed E-state index contributed by atoms with van der Waals surface area (Å²) < 4.78 is 6.71. The van der Waals surface area contributed by atoms with Gasteiger partial charge in [-0.05, 0) is 25.5 Å². The van der Waals surface area contributed by atoms with Crippen LogP contribution in [0.5, 0.6) is 5.75 Å². The van der Waals surface area contributed by atoms with E-state index in [4.69, 9.17) is 16.3 Å². The summed E-state index contributed by atoms with van der Waals surface area (Å²) in [4.78, 5) is 16.3. The SMILES string of the molecule is COc1cccc(Cn2cnc(C)c(C)c2=O)c1Cl. The number of hydrogen-bond donors (Lipinski definition) is 0. The molecule has 1 heterocycles. The number of benzene rings is 1. The Hall–Kier alpha value is -1.81. The van der Waals surface area contributed by atoms with E-state index in [1.54, 1.807) is 31.0 Å². The van der Waals surface area contributed by atoms with Crippen LogP contribution >= 0.6 is 11.6 Å². The van der Waals surface area contributed by atoms with Crippen molar-refractivity contribution in [3.05, 3.63) is 56.7 Å². The van der Waals surface area contributed by atoms with Gasteiger partial charge in [0.05, 0.1) is 25.0 Å². The average Bonchev–Trinajstić information content (AvgIpc) is 2.41. The molecule has 0 fully saturated rings. The molecule has 5 heteroatoms. The van der Waals surface area contributed by atoms with Gasteiger partial charge in [0.2, 0.25) is 0 Å². The van der Waals surface area contributed by atoms with Gasteiger partial charge in [-0.2, -0.15) is 0 Å². The molecule has 0 saturated carbocycles. The Morgan fingerprint density at radius 3 is 2.79 bits per heavy atom. The van der Waals surface area contributed by atoms with Gasteiger partial charge in [-0.1, -0.05) is 23.7 Å². The molecule has 2 aromatic rings. The van der Waals surface area contributed by atoms with Gasteiger partial charge in [-0.25, -0.2) is 4.98 Å². The fourth-order valence-electron chi connectivity index (χ4n) is 1.81. The Labute approximate surface area is 116 Å². The molecule has 0 aliphatic heterocycles. The maximum Gasteiger partial charge on any atom is 0.256 e. The quantitative estimate of drug-likeness (QED) is 0.867. The van der Waals surface area contributed by atoms with Crippen molar-refractivity contribution < 1.29 is 4.74 Å². The minimum absolute atomic E-state index is 0.0496. The molecule has 1 aromatic heterocycles. The number of halogens is 1. The van der Waals surface area contributed by atoms with Crippen molar-refractivity contribution >= 4 is 11.6 Å². The second-order valence-electron chi connectivity index (χ2n) is 4.32. The van der Waals surface area contributed by atoms with E-state index in [0.29, 0.717) is 22.9 Å². The fraction of sp³-hybridized carbons (Fsp3) is 0.286. The summed E-state index contributed by atoms with van der Waals surface area (Å²) >= 11 is 6.22. The highest BCUT2D eigenvalue weighted by Gasteiger charge is 2.09. The monoisotopic (exact) mass is 278 g/mol. The van der Waals surface area contributed by atoms with Crippen LogP contribution in [0.1, 0.15) is 16.8 Å². The zero-order valence-corrected chi connectivity index (χ0v) is 11.9. The van der Waals surface area contributed by atoms with Gasteiger partial charge in [0.15, 0.2) is 0 Å². The predicted molar refractivity (Wildman–Crippen MR) is 75.1 cm³/mol. The Kier molecular flexibility index (Phi) is 3.90. The van der Waals surface area contributed by atoms with Crippen molar-refractivity contribution in [2.75, 3.05) is 7.11 Å². The lowest BCUT2D eigenvalue weighted by Crippen LogP contribution is -2.24. The molecule has 0 atom stereocenters. The number of methoxy groups -OCH3 is 1. The van der Waals surface area contributed by atoms with Crippen molar-refractivity contribution in [3.8, 4) is 5.75 Å². The van der Waals surface area contributed by atoms with E-state index in [1.807, 2.05) is 19.1 Å². The molecule has 4 nitrogen and oxygen atoms in total. The van der Waals surface area contributed by atoms with Crippen LogP contribution in [0.15, 0.2) is 29.3 Å². The first-order valence-corrected chi connectivity index (χ1v) is 6.26. The molecule has 19 heavy (non-hydrogen) atoms. The van der Waals surface area contributed by atoms with Crippen molar-refractivity contribution in [1.29, 1.82) is 0 Å². The summed E-state index contributed by atoms with van der Waals surface area (Å²) in [7, 11) is 1.56. The molecule has 0 saturated heterocycles. The smallest absolute Gasteiger partial charge is 0.256 e. The molecule has 100 valence electrons. The Bertz CT molecular complexity index is 665. The third-order valence-electron chi connectivity index (χ3n) is 3.12. The lowest BCUT2D eigenvalue weighted by atomic mass is 10.2. The van der Waals surface area contributed by atoms with Gasteiger partial charge in [-0.15, -0.1) is 0 Å². The third kappa shape index (κ3) is 2.63. The topological polar surface area (TPSA) is 44.1 Å². The van der Waals surface area contributed by atoms with Crippen LogP contribution in [0.25, 0.3) is 0 Å². The molecule has 1 aromatic carbocycles. The minimum atomic E-state index is -0.0496. The number of hydrogen-bond acceptors (Lipinski definition) is 3. The van der Waals surface area contributed by atoms with E-state index in [2.05, 4.69) is 4.98 Å². The standard InChI is InChI=1S/C14H15ClN2O2/c1-9-10(2)16-8-17(14(9)18)7-11-5-4-6-12(19-3)13(11)15/h4-6,8H,7H2,1-3H3. The highest BCUT2D eigenvalue weighted by molar-refractivity contribution is 6.32. The van der Waals surface area contributed by atoms with Gasteiger partial charge in [0.1, 0.15) is 5.75 Å². The molecular formula is C14H15ClN2O2. The summed E-state index contributed by atoms with van der Waals surface area (Å²) in [5.41, 5.74) is 2.18. The van der Waals surface area contributed by atoms with Crippen molar-refractivity contribution in [2.45, 2.75) is 20.4 Å². The summed E-state index contributed by atoms with van der Waals surface area (Å²) in [5.74, 6) is 0.601. The van der Waals surface area contributed by atoms with Gasteiger partial charge in [0, 0.05) is 11.3 Å². The average molecular weight is 279 g/mol. The lowest BCUT2D eigenvalue weighted by Gasteiger charge is -2.11. The van der Waals surface area contributed by atoms with Crippen LogP contribution in [0.4, 0.5) is 0 Å². The second kappa shape index (κ2) is 5.45. The van der Waals surface area contributed by atoms with Crippen LogP contribution in [-0.2, 0) is 6.54 Å². The van der Waals surface area contributed by atoms with E-state index in [1.165, 1.54) is 0 Å². The molecule has 0 aliphatic carbocycles. The number of nitrogens with zero attached hydrogens (tertiary/aromatic N) is 2. The number of aromatic nitrogens is 2. The third-order valence-corrected chi connectivity index (χ3v) is 3.55. The maximum atomic E-state index is 12.1. The van der Waals surface area contributed by atoms with Crippen LogP contribution in [0.3, 0.4) is 0 Å². The van der Waals surface area contributed by atoms with Crippen molar-refractivity contribution in [3.63, 3.8) is 0 Å². The van der Waals surface area contributed by atoms with Crippen molar-refractivity contribution in [1.82, 2.24) is 9.55 Å². The highest BCUT2D eigenvalue weighted by Crippen LogP contribution is 2.27. The molecule has 0 radical (unpaired) electrons. The number of aryl methyl sites for hydroxylation is 1. The molecule has 0 unspecified atom stereocenters. The molecule has 0 spiro atoms. The van der Waals surface area contributed by atoms with Crippen LogP contribution in [0.2, 0.25) is 5.02 Å². The van der Waals surface area contributed by atoms with Crippen LogP contribution in [-0.4, -0.2) is 16.7 Å². The molecule has 0 bridgehead atoms. The highest BCUT2D eigenvalue weighted by atomic mass is 35.5. The van der Waals surface area contributed by atoms with E-state index in [-0.39, 0.29) is 5.56 Å². The number of rotatable bonds is 3. The van der Waals surface area contributed by atoms with Crippen LogP contribution in [0, 0.1) is 13.8 Å². The summed E-state index contributed by atoms with van der Waals surface area (Å²) in [6, 6.07) is 5.50. The lowest BCUT2D eigenvalue weighted by molar-refractivity contribution is 0.414. The van der Waals surface area contributed by atoms with E-state index >= 15 is 0 Å². The van der Waals surface area contributed by atoms with E-state index in [9.17, 15) is 4.79 Å². The Balaban J connectivity index is 2.43. The largest absolute Gasteiger partial charge is 0.495 e. The normalized spacial score (nSPS) is 10.5. The molecule has 0 N–H and O–H groups in total. The molecule has 0 aliphatic rings. The molecular weight excluding hydrogens is 264 g/mol.